The molecule has 0 radical (unpaired) electrons. The van der Waals surface area contributed by atoms with Crippen LogP contribution in [0.1, 0.15) is 19.8 Å². The molecule has 0 fully saturated rings. The quantitative estimate of drug-likeness (QED) is 0.479. The fourth-order valence-electron chi connectivity index (χ4n) is 0.961. The summed E-state index contributed by atoms with van der Waals surface area (Å²) in [7, 11) is -0.390. The topological polar surface area (TPSA) is 64.7 Å². The maximum absolute atomic E-state index is 8.93. The molecule has 13 heavy (non-hydrogen) atoms. The van der Waals surface area contributed by atoms with Gasteiger partial charge in [0.2, 0.25) is 0 Å². The molecule has 0 aliphatic rings. The van der Waals surface area contributed by atoms with Crippen molar-refractivity contribution in [1.82, 2.24) is 0 Å². The van der Waals surface area contributed by atoms with Crippen LogP contribution < -0.4 is 5.73 Å². The van der Waals surface area contributed by atoms with Crippen LogP contribution in [0.2, 0.25) is 12.6 Å². The summed E-state index contributed by atoms with van der Waals surface area (Å²) in [6, 6.07) is 0.737. The second-order valence-corrected chi connectivity index (χ2v) is 6.76. The Hall–Kier alpha value is 0.0569. The molecule has 0 aromatic rings. The first-order valence-corrected chi connectivity index (χ1v) is 7.19. The van der Waals surface area contributed by atoms with Gasteiger partial charge in [-0.2, -0.15) is 0 Å². The average molecular weight is 207 g/mol. The Balaban J connectivity index is 3.81. The van der Waals surface area contributed by atoms with Crippen molar-refractivity contribution in [3.8, 4) is 0 Å². The third-order valence-corrected chi connectivity index (χ3v) is 4.81. The Bertz CT molecular complexity index is 135. The van der Waals surface area contributed by atoms with Crippen molar-refractivity contribution in [2.24, 2.45) is 5.73 Å². The van der Waals surface area contributed by atoms with Crippen LogP contribution in [-0.4, -0.2) is 33.6 Å². The predicted molar refractivity (Wildman–Crippen MR) is 54.5 cm³/mol. The van der Waals surface area contributed by atoms with Crippen LogP contribution in [0.3, 0.4) is 0 Å². The van der Waals surface area contributed by atoms with Gasteiger partial charge < -0.3 is 19.7 Å². The molecule has 2 unspecified atom stereocenters. The Kier molecular flexibility index (Phi) is 6.53. The van der Waals surface area contributed by atoms with E-state index in [9.17, 15) is 0 Å². The van der Waals surface area contributed by atoms with Gasteiger partial charge in [0.25, 0.3) is 0 Å². The summed E-state index contributed by atoms with van der Waals surface area (Å²) in [5, 5.41) is 8.93. The molecule has 3 N–H and O–H groups in total. The van der Waals surface area contributed by atoms with Gasteiger partial charge in [-0.15, -0.1) is 0 Å². The largest absolute Gasteiger partial charge is 0.398 e. The molecule has 0 aromatic carbocycles. The third-order valence-electron chi connectivity index (χ3n) is 1.94. The highest BCUT2D eigenvalue weighted by Crippen LogP contribution is 2.15. The molecule has 0 saturated carbocycles. The van der Waals surface area contributed by atoms with E-state index in [1.807, 2.05) is 6.55 Å². The van der Waals surface area contributed by atoms with E-state index in [0.717, 1.165) is 19.1 Å². The number of nitrogens with two attached hydrogens (primary N) is 1. The first-order valence-electron chi connectivity index (χ1n) is 4.67. The molecule has 0 heterocycles. The molecule has 0 spiro atoms. The summed E-state index contributed by atoms with van der Waals surface area (Å²) < 4.78 is 11.0. The first kappa shape index (κ1) is 13.1. The van der Waals surface area contributed by atoms with E-state index in [0.29, 0.717) is 6.42 Å². The molecular weight excluding hydrogens is 186 g/mol. The second-order valence-electron chi connectivity index (χ2n) is 3.29. The molecule has 0 rings (SSSR count). The lowest BCUT2D eigenvalue weighted by Gasteiger charge is -2.25. The normalized spacial score (nSPS) is 18.2. The zero-order valence-electron chi connectivity index (χ0n) is 8.75. The monoisotopic (exact) mass is 207 g/mol. The standard InChI is InChI=1S/C8H21NO3Si/c1-4-6-12-13(3,11-2)7-5-8(9)10/h8,10H,4-7,9H2,1-3H3. The highest BCUT2D eigenvalue weighted by Gasteiger charge is 2.29. The van der Waals surface area contributed by atoms with E-state index < -0.39 is 14.8 Å². The second kappa shape index (κ2) is 6.50. The molecule has 80 valence electrons. The van der Waals surface area contributed by atoms with Gasteiger partial charge in [-0.3, -0.25) is 0 Å². The number of hydrogen-bond donors (Lipinski definition) is 2. The van der Waals surface area contributed by atoms with Crippen LogP contribution in [0.25, 0.3) is 0 Å². The summed E-state index contributed by atoms with van der Waals surface area (Å²) in [5.41, 5.74) is 5.25. The van der Waals surface area contributed by atoms with Crippen molar-refractivity contribution in [3.63, 3.8) is 0 Å². The molecule has 0 aromatic heterocycles. The molecule has 0 aliphatic carbocycles. The van der Waals surface area contributed by atoms with Gasteiger partial charge in [-0.25, -0.2) is 0 Å². The molecule has 0 bridgehead atoms. The van der Waals surface area contributed by atoms with Crippen molar-refractivity contribution in [1.29, 1.82) is 0 Å². The molecule has 2 atom stereocenters. The lowest BCUT2D eigenvalue weighted by atomic mass is 10.4. The maximum Gasteiger partial charge on any atom is 0.334 e. The first-order chi connectivity index (χ1) is 6.04. The van der Waals surface area contributed by atoms with Crippen molar-refractivity contribution >= 4 is 8.56 Å². The lowest BCUT2D eigenvalue weighted by molar-refractivity contribution is 0.162. The number of hydrogen-bond acceptors (Lipinski definition) is 4. The fraction of sp³-hybridized carbons (Fsp3) is 1.00. The molecule has 0 aliphatic heterocycles. The van der Waals surface area contributed by atoms with E-state index in [4.69, 9.17) is 19.7 Å². The summed E-state index contributed by atoms with van der Waals surface area (Å²) in [4.78, 5) is 0. The van der Waals surface area contributed by atoms with Crippen LogP contribution in [-0.2, 0) is 8.85 Å². The van der Waals surface area contributed by atoms with E-state index in [-0.39, 0.29) is 0 Å². The minimum absolute atomic E-state index is 0.542. The number of rotatable bonds is 7. The highest BCUT2D eigenvalue weighted by atomic mass is 28.4. The van der Waals surface area contributed by atoms with Gasteiger partial charge in [0.05, 0.1) is 0 Å². The number of aliphatic hydroxyl groups excluding tert-OH is 1. The Morgan fingerprint density at radius 2 is 2.15 bits per heavy atom. The van der Waals surface area contributed by atoms with Crippen LogP contribution >= 0.6 is 0 Å². The van der Waals surface area contributed by atoms with E-state index in [1.54, 1.807) is 7.11 Å². The van der Waals surface area contributed by atoms with Gasteiger partial charge in [0, 0.05) is 13.7 Å². The minimum Gasteiger partial charge on any atom is -0.398 e. The molecule has 5 heteroatoms. The lowest BCUT2D eigenvalue weighted by Crippen LogP contribution is -2.39. The predicted octanol–water partition coefficient (Wildman–Crippen LogP) is 0.799. The third kappa shape index (κ3) is 6.17. The fourth-order valence-corrected chi connectivity index (χ4v) is 2.88. The molecule has 0 saturated heterocycles. The van der Waals surface area contributed by atoms with Crippen molar-refractivity contribution in [2.75, 3.05) is 13.7 Å². The number of aliphatic hydroxyl groups is 1. The Morgan fingerprint density at radius 3 is 2.54 bits per heavy atom. The molecule has 0 amide bonds. The Labute approximate surface area is 81.3 Å². The molecular formula is C8H21NO3Si. The summed E-state index contributed by atoms with van der Waals surface area (Å²) in [6.07, 6.45) is 0.768. The summed E-state index contributed by atoms with van der Waals surface area (Å²) in [6.45, 7) is 4.77. The van der Waals surface area contributed by atoms with Gasteiger partial charge in [-0.05, 0) is 25.4 Å². The van der Waals surface area contributed by atoms with Gasteiger partial charge in [0.1, 0.15) is 6.23 Å². The van der Waals surface area contributed by atoms with E-state index in [2.05, 4.69) is 6.92 Å². The van der Waals surface area contributed by atoms with Crippen LogP contribution in [0.15, 0.2) is 0 Å². The summed E-state index contributed by atoms with van der Waals surface area (Å²) in [5.74, 6) is 0. The van der Waals surface area contributed by atoms with Crippen molar-refractivity contribution < 1.29 is 14.0 Å². The van der Waals surface area contributed by atoms with Crippen LogP contribution in [0.5, 0.6) is 0 Å². The van der Waals surface area contributed by atoms with Gasteiger partial charge >= 0.3 is 8.56 Å². The Morgan fingerprint density at radius 1 is 1.54 bits per heavy atom. The van der Waals surface area contributed by atoms with Gasteiger partial charge in [-0.1, -0.05) is 6.92 Å². The zero-order valence-corrected chi connectivity index (χ0v) is 9.75. The van der Waals surface area contributed by atoms with Crippen LogP contribution in [0.4, 0.5) is 0 Å². The zero-order chi connectivity index (χ0) is 10.3. The van der Waals surface area contributed by atoms with Crippen LogP contribution in [0, 0.1) is 0 Å². The highest BCUT2D eigenvalue weighted by molar-refractivity contribution is 6.65. The smallest absolute Gasteiger partial charge is 0.334 e. The SMILES string of the molecule is CCCO[Si](C)(CCC(N)O)OC. The van der Waals surface area contributed by atoms with Crippen molar-refractivity contribution in [3.05, 3.63) is 0 Å². The van der Waals surface area contributed by atoms with E-state index >= 15 is 0 Å². The molecule has 4 nitrogen and oxygen atoms in total. The maximum atomic E-state index is 8.93. The van der Waals surface area contributed by atoms with Gasteiger partial charge in [0.15, 0.2) is 0 Å². The van der Waals surface area contributed by atoms with Crippen molar-refractivity contribution in [2.45, 2.75) is 38.6 Å². The minimum atomic E-state index is -2.05. The summed E-state index contributed by atoms with van der Waals surface area (Å²) >= 11 is 0. The van der Waals surface area contributed by atoms with E-state index in [1.165, 1.54) is 0 Å². The average Bonchev–Trinajstić information content (AvgIpc) is 2.11.